The molecule has 0 saturated carbocycles. The highest BCUT2D eigenvalue weighted by Gasteiger charge is 2.05. The first-order chi connectivity index (χ1) is 8.24. The number of aryl methyl sites for hydroxylation is 1. The number of carbonyl (C=O) groups is 1. The molecule has 3 nitrogen and oxygen atoms in total. The third-order valence-corrected chi connectivity index (χ3v) is 2.91. The molecule has 102 valence electrons. The summed E-state index contributed by atoms with van der Waals surface area (Å²) in [4.78, 5) is 10.7. The molecular formula is C14H22INO2. The van der Waals surface area contributed by atoms with Crippen molar-refractivity contribution in [1.82, 2.24) is 0 Å². The lowest BCUT2D eigenvalue weighted by Crippen LogP contribution is -3.00. The molecule has 0 radical (unpaired) electrons. The molecule has 0 spiro atoms. The van der Waals surface area contributed by atoms with E-state index in [0.29, 0.717) is 5.56 Å². The molecule has 0 aliphatic carbocycles. The standard InChI is InChI=1S/C14H21NO2.HI/c1-2-3-4-5-6-7-10-15-11-8-13(9-12-15)14(16)17;/h8-9,11-12H,2-7,10H2,1H3;1H. The quantitative estimate of drug-likeness (QED) is 0.403. The summed E-state index contributed by atoms with van der Waals surface area (Å²) in [5.41, 5.74) is 0.351. The third kappa shape index (κ3) is 6.93. The lowest BCUT2D eigenvalue weighted by atomic mass is 10.1. The second-order valence-electron chi connectivity index (χ2n) is 4.40. The maximum absolute atomic E-state index is 10.7. The van der Waals surface area contributed by atoms with Crippen molar-refractivity contribution in [3.63, 3.8) is 0 Å². The van der Waals surface area contributed by atoms with E-state index in [4.69, 9.17) is 5.11 Å². The molecule has 1 aromatic rings. The van der Waals surface area contributed by atoms with Gasteiger partial charge in [-0.05, 0) is 6.42 Å². The molecule has 1 aromatic heterocycles. The third-order valence-electron chi connectivity index (χ3n) is 2.91. The average Bonchev–Trinajstić information content (AvgIpc) is 2.34. The molecule has 0 fully saturated rings. The van der Waals surface area contributed by atoms with Crippen molar-refractivity contribution in [2.45, 2.75) is 52.0 Å². The van der Waals surface area contributed by atoms with Crippen LogP contribution in [0.1, 0.15) is 55.8 Å². The first-order valence-electron chi connectivity index (χ1n) is 6.46. The number of aromatic nitrogens is 1. The fourth-order valence-electron chi connectivity index (χ4n) is 1.82. The lowest BCUT2D eigenvalue weighted by molar-refractivity contribution is -0.697. The van der Waals surface area contributed by atoms with Gasteiger partial charge in [-0.1, -0.05) is 32.6 Å². The number of hydrogen-bond acceptors (Lipinski definition) is 1. The highest BCUT2D eigenvalue weighted by molar-refractivity contribution is 5.87. The molecule has 0 aliphatic rings. The predicted octanol–water partition coefficient (Wildman–Crippen LogP) is 0.0368. The summed E-state index contributed by atoms with van der Waals surface area (Å²) in [6.45, 7) is 3.20. The van der Waals surface area contributed by atoms with Crippen LogP contribution < -0.4 is 28.5 Å². The van der Waals surface area contributed by atoms with Crippen LogP contribution in [0.2, 0.25) is 0 Å². The van der Waals surface area contributed by atoms with Gasteiger partial charge in [-0.3, -0.25) is 0 Å². The topological polar surface area (TPSA) is 41.2 Å². The van der Waals surface area contributed by atoms with E-state index >= 15 is 0 Å². The van der Waals surface area contributed by atoms with Crippen molar-refractivity contribution in [2.24, 2.45) is 0 Å². The van der Waals surface area contributed by atoms with Crippen molar-refractivity contribution < 1.29 is 38.4 Å². The number of nitrogens with zero attached hydrogens (tertiary/aromatic N) is 1. The van der Waals surface area contributed by atoms with Gasteiger partial charge in [0.1, 0.15) is 6.54 Å². The van der Waals surface area contributed by atoms with Gasteiger partial charge >= 0.3 is 5.97 Å². The summed E-state index contributed by atoms with van der Waals surface area (Å²) in [5, 5.41) is 8.76. The highest BCUT2D eigenvalue weighted by Crippen LogP contribution is 2.04. The van der Waals surface area contributed by atoms with Crippen molar-refractivity contribution in [1.29, 1.82) is 0 Å². The van der Waals surface area contributed by atoms with Crippen LogP contribution in [0, 0.1) is 0 Å². The number of halogens is 1. The molecule has 0 aliphatic heterocycles. The van der Waals surface area contributed by atoms with E-state index < -0.39 is 5.97 Å². The van der Waals surface area contributed by atoms with Gasteiger partial charge in [0.15, 0.2) is 12.4 Å². The molecule has 0 saturated heterocycles. The van der Waals surface area contributed by atoms with Crippen LogP contribution in [0.25, 0.3) is 0 Å². The second kappa shape index (κ2) is 10.3. The van der Waals surface area contributed by atoms with Gasteiger partial charge in [-0.25, -0.2) is 9.36 Å². The Morgan fingerprint density at radius 1 is 1.11 bits per heavy atom. The first-order valence-corrected chi connectivity index (χ1v) is 6.46. The van der Waals surface area contributed by atoms with E-state index in [2.05, 4.69) is 6.92 Å². The van der Waals surface area contributed by atoms with Gasteiger partial charge in [0.25, 0.3) is 0 Å². The molecule has 1 rings (SSSR count). The van der Waals surface area contributed by atoms with E-state index in [1.807, 2.05) is 17.0 Å². The molecule has 0 aromatic carbocycles. The summed E-state index contributed by atoms with van der Waals surface area (Å²) in [5.74, 6) is -0.864. The second-order valence-corrected chi connectivity index (χ2v) is 4.40. The minimum Gasteiger partial charge on any atom is -1.00 e. The minimum absolute atomic E-state index is 0. The van der Waals surface area contributed by atoms with E-state index in [0.717, 1.165) is 6.54 Å². The van der Waals surface area contributed by atoms with E-state index in [-0.39, 0.29) is 24.0 Å². The Morgan fingerprint density at radius 2 is 1.67 bits per heavy atom. The zero-order valence-corrected chi connectivity index (χ0v) is 13.1. The fraction of sp³-hybridized carbons (Fsp3) is 0.571. The number of rotatable bonds is 8. The summed E-state index contributed by atoms with van der Waals surface area (Å²) < 4.78 is 2.05. The average molecular weight is 363 g/mol. The van der Waals surface area contributed by atoms with Crippen LogP contribution >= 0.6 is 0 Å². The minimum atomic E-state index is -0.864. The first kappa shape index (κ1) is 17.4. The van der Waals surface area contributed by atoms with Gasteiger partial charge < -0.3 is 29.1 Å². The maximum Gasteiger partial charge on any atom is 0.336 e. The van der Waals surface area contributed by atoms with Crippen LogP contribution in [0.3, 0.4) is 0 Å². The molecule has 0 atom stereocenters. The lowest BCUT2D eigenvalue weighted by Gasteiger charge is -1.99. The number of unbranched alkanes of at least 4 members (excludes halogenated alkanes) is 5. The molecule has 4 heteroatoms. The highest BCUT2D eigenvalue weighted by atomic mass is 127. The Kier molecular flexibility index (Phi) is 9.92. The number of carboxylic acid groups (broad SMARTS) is 1. The Labute approximate surface area is 126 Å². The van der Waals surface area contributed by atoms with Gasteiger partial charge in [0.2, 0.25) is 0 Å². The van der Waals surface area contributed by atoms with Crippen molar-refractivity contribution in [3.05, 3.63) is 30.1 Å². The van der Waals surface area contributed by atoms with Crippen LogP contribution in [0.5, 0.6) is 0 Å². The summed E-state index contributed by atoms with van der Waals surface area (Å²) in [6, 6.07) is 3.30. The summed E-state index contributed by atoms with van der Waals surface area (Å²) >= 11 is 0. The summed E-state index contributed by atoms with van der Waals surface area (Å²) in [7, 11) is 0. The monoisotopic (exact) mass is 363 g/mol. The number of pyridine rings is 1. The Balaban J connectivity index is 0.00000289. The number of hydrogen-bond donors (Lipinski definition) is 1. The van der Waals surface area contributed by atoms with E-state index in [9.17, 15) is 4.79 Å². The van der Waals surface area contributed by atoms with Crippen LogP contribution in [0.15, 0.2) is 24.5 Å². The zero-order chi connectivity index (χ0) is 12.5. The predicted molar refractivity (Wildman–Crippen MR) is 67.0 cm³/mol. The van der Waals surface area contributed by atoms with Gasteiger partial charge in [-0.2, -0.15) is 0 Å². The number of aromatic carboxylic acids is 1. The van der Waals surface area contributed by atoms with E-state index in [1.54, 1.807) is 12.1 Å². The molecule has 1 N–H and O–H groups in total. The van der Waals surface area contributed by atoms with Gasteiger partial charge in [0.05, 0.1) is 5.56 Å². The molecule has 0 bridgehead atoms. The Bertz CT molecular complexity index is 338. The SMILES string of the molecule is CCCCCCCC[n+]1ccc(C(=O)O)cc1.[I-]. The molecule has 1 heterocycles. The van der Waals surface area contributed by atoms with Crippen LogP contribution in [-0.4, -0.2) is 11.1 Å². The Morgan fingerprint density at radius 3 is 2.22 bits per heavy atom. The van der Waals surface area contributed by atoms with Gasteiger partial charge in [-0.15, -0.1) is 0 Å². The summed E-state index contributed by atoms with van der Waals surface area (Å²) in [6.07, 6.45) is 11.4. The molecular weight excluding hydrogens is 341 g/mol. The van der Waals surface area contributed by atoms with E-state index in [1.165, 1.54) is 38.5 Å². The van der Waals surface area contributed by atoms with Crippen LogP contribution in [-0.2, 0) is 6.54 Å². The van der Waals surface area contributed by atoms with Crippen LogP contribution in [0.4, 0.5) is 0 Å². The van der Waals surface area contributed by atoms with Crippen molar-refractivity contribution >= 4 is 5.97 Å². The fourth-order valence-corrected chi connectivity index (χ4v) is 1.82. The molecule has 0 unspecified atom stereocenters. The smallest absolute Gasteiger partial charge is 0.336 e. The zero-order valence-electron chi connectivity index (χ0n) is 10.9. The molecule has 18 heavy (non-hydrogen) atoms. The Hall–Kier alpha value is -0.650. The molecule has 0 amide bonds. The van der Waals surface area contributed by atoms with Gasteiger partial charge in [0, 0.05) is 18.6 Å². The maximum atomic E-state index is 10.7. The largest absolute Gasteiger partial charge is 1.00 e. The van der Waals surface area contributed by atoms with Crippen molar-refractivity contribution in [3.8, 4) is 0 Å². The number of carboxylic acids is 1. The normalized spacial score (nSPS) is 9.83. The van der Waals surface area contributed by atoms with Crippen molar-refractivity contribution in [2.75, 3.05) is 0 Å².